The van der Waals surface area contributed by atoms with Gasteiger partial charge in [0.15, 0.2) is 0 Å². The number of rotatable bonds is 3. The van der Waals surface area contributed by atoms with Crippen molar-refractivity contribution in [1.82, 2.24) is 0 Å². The van der Waals surface area contributed by atoms with Crippen LogP contribution in [0.25, 0.3) is 0 Å². The van der Waals surface area contributed by atoms with Gasteiger partial charge in [0.2, 0.25) is 0 Å². The second-order valence-corrected chi connectivity index (χ2v) is 9.82. The van der Waals surface area contributed by atoms with E-state index in [4.69, 9.17) is 0 Å². The Morgan fingerprint density at radius 2 is 1.05 bits per heavy atom. The molecule has 0 heterocycles. The number of phenols is 1. The average Bonchev–Trinajstić information content (AvgIpc) is 2.26. The quantitative estimate of drug-likeness (QED) is 0.680. The number of hydrogen-bond donors (Lipinski definition) is 1. The van der Waals surface area contributed by atoms with E-state index in [2.05, 4.69) is 62.3 Å². The van der Waals surface area contributed by atoms with Crippen molar-refractivity contribution in [3.8, 4) is 5.75 Å². The standard InChI is InChI=1S/C21H36O/c1-18(2,3)21(19(4,5)6,20(7,8)9)15-14-16-10-12-17(22)13-11-16/h10-13,22H,14-15H2,1-9H3. The third kappa shape index (κ3) is 3.50. The normalized spacial score (nSPS) is 14.2. The molecule has 0 saturated heterocycles. The summed E-state index contributed by atoms with van der Waals surface area (Å²) in [6.07, 6.45) is 2.19. The van der Waals surface area contributed by atoms with Crippen LogP contribution in [0.3, 0.4) is 0 Å². The Morgan fingerprint density at radius 3 is 1.36 bits per heavy atom. The molecule has 0 radical (unpaired) electrons. The summed E-state index contributed by atoms with van der Waals surface area (Å²) >= 11 is 0. The van der Waals surface area contributed by atoms with Crippen LogP contribution in [0.2, 0.25) is 0 Å². The Hall–Kier alpha value is -0.980. The van der Waals surface area contributed by atoms with Crippen molar-refractivity contribution in [3.63, 3.8) is 0 Å². The van der Waals surface area contributed by atoms with Gasteiger partial charge in [-0.3, -0.25) is 0 Å². The molecule has 1 aromatic rings. The lowest BCUT2D eigenvalue weighted by molar-refractivity contribution is -0.128. The Balaban J connectivity index is 3.24. The van der Waals surface area contributed by atoms with Gasteiger partial charge < -0.3 is 5.11 Å². The van der Waals surface area contributed by atoms with Gasteiger partial charge in [0.05, 0.1) is 0 Å². The molecule has 0 fully saturated rings. The molecule has 1 nitrogen and oxygen atoms in total. The number of benzene rings is 1. The van der Waals surface area contributed by atoms with E-state index in [1.807, 2.05) is 12.1 Å². The third-order valence-electron chi connectivity index (χ3n) is 5.57. The van der Waals surface area contributed by atoms with Crippen LogP contribution in [0, 0.1) is 21.7 Å². The second-order valence-electron chi connectivity index (χ2n) is 9.82. The van der Waals surface area contributed by atoms with Gasteiger partial charge in [-0.2, -0.15) is 0 Å². The molecule has 0 aliphatic heterocycles. The number of phenolic OH excluding ortho intramolecular Hbond substituents is 1. The molecule has 1 N–H and O–H groups in total. The van der Waals surface area contributed by atoms with Gasteiger partial charge in [-0.15, -0.1) is 0 Å². The molecule has 22 heavy (non-hydrogen) atoms. The maximum Gasteiger partial charge on any atom is 0.115 e. The molecule has 1 heteroatoms. The first-order valence-corrected chi connectivity index (χ1v) is 8.50. The minimum atomic E-state index is 0.199. The summed E-state index contributed by atoms with van der Waals surface area (Å²) in [6.45, 7) is 21.5. The van der Waals surface area contributed by atoms with Gasteiger partial charge in [0, 0.05) is 0 Å². The lowest BCUT2D eigenvalue weighted by atomic mass is 9.43. The summed E-state index contributed by atoms with van der Waals surface area (Å²) in [6, 6.07) is 7.69. The first-order valence-electron chi connectivity index (χ1n) is 8.50. The van der Waals surface area contributed by atoms with Crippen LogP contribution in [0.1, 0.15) is 74.3 Å². The highest BCUT2D eigenvalue weighted by atomic mass is 16.3. The van der Waals surface area contributed by atoms with E-state index in [1.165, 1.54) is 5.56 Å². The monoisotopic (exact) mass is 304 g/mol. The van der Waals surface area contributed by atoms with E-state index in [0.29, 0.717) is 5.75 Å². The SMILES string of the molecule is CC(C)(C)C(CCc1ccc(O)cc1)(C(C)(C)C)C(C)(C)C. The largest absolute Gasteiger partial charge is 0.508 e. The minimum absolute atomic E-state index is 0.199. The smallest absolute Gasteiger partial charge is 0.115 e. The summed E-state index contributed by atoms with van der Waals surface area (Å²) in [7, 11) is 0. The zero-order chi connectivity index (χ0) is 17.4. The molecule has 0 saturated carbocycles. The van der Waals surface area contributed by atoms with E-state index in [1.54, 1.807) is 12.1 Å². The first-order chi connectivity index (χ1) is 9.72. The Bertz CT molecular complexity index is 439. The fourth-order valence-electron chi connectivity index (χ4n) is 5.49. The van der Waals surface area contributed by atoms with Gasteiger partial charge in [-0.1, -0.05) is 74.4 Å². The van der Waals surface area contributed by atoms with Crippen molar-refractivity contribution in [2.45, 2.75) is 75.2 Å². The van der Waals surface area contributed by atoms with E-state index in [-0.39, 0.29) is 21.7 Å². The lowest BCUT2D eigenvalue weighted by Crippen LogP contribution is -2.55. The fraction of sp³-hybridized carbons (Fsp3) is 0.714. The highest BCUT2D eigenvalue weighted by Crippen LogP contribution is 2.63. The molecular formula is C21H36O. The zero-order valence-corrected chi connectivity index (χ0v) is 16.2. The molecule has 1 aromatic carbocycles. The van der Waals surface area contributed by atoms with Crippen molar-refractivity contribution in [3.05, 3.63) is 29.8 Å². The lowest BCUT2D eigenvalue weighted by Gasteiger charge is -2.61. The molecule has 1 rings (SSSR count). The zero-order valence-electron chi connectivity index (χ0n) is 16.2. The third-order valence-corrected chi connectivity index (χ3v) is 5.57. The van der Waals surface area contributed by atoms with Crippen LogP contribution in [0.5, 0.6) is 5.75 Å². The number of hydrogen-bond acceptors (Lipinski definition) is 1. The van der Waals surface area contributed by atoms with Crippen molar-refractivity contribution in [1.29, 1.82) is 0 Å². The van der Waals surface area contributed by atoms with Gasteiger partial charge in [0.1, 0.15) is 5.75 Å². The Labute approximate surface area is 138 Å². The van der Waals surface area contributed by atoms with Crippen LogP contribution >= 0.6 is 0 Å². The summed E-state index contributed by atoms with van der Waals surface area (Å²) in [4.78, 5) is 0. The summed E-state index contributed by atoms with van der Waals surface area (Å²) in [5.74, 6) is 0.345. The Kier molecular flexibility index (Phi) is 5.12. The van der Waals surface area contributed by atoms with Crippen LogP contribution in [-0.4, -0.2) is 5.11 Å². The molecule has 0 amide bonds. The predicted molar refractivity (Wildman–Crippen MR) is 97.2 cm³/mol. The van der Waals surface area contributed by atoms with Crippen molar-refractivity contribution in [2.24, 2.45) is 21.7 Å². The van der Waals surface area contributed by atoms with Gasteiger partial charge in [0.25, 0.3) is 0 Å². The van der Waals surface area contributed by atoms with Crippen molar-refractivity contribution < 1.29 is 5.11 Å². The number of aryl methyl sites for hydroxylation is 1. The van der Waals surface area contributed by atoms with Crippen LogP contribution in [0.15, 0.2) is 24.3 Å². The van der Waals surface area contributed by atoms with Crippen molar-refractivity contribution in [2.75, 3.05) is 0 Å². The van der Waals surface area contributed by atoms with Gasteiger partial charge in [-0.05, 0) is 52.2 Å². The van der Waals surface area contributed by atoms with Crippen LogP contribution in [-0.2, 0) is 6.42 Å². The summed E-state index contributed by atoms with van der Waals surface area (Å²) in [5.41, 5.74) is 2.13. The molecule has 0 atom stereocenters. The van der Waals surface area contributed by atoms with E-state index < -0.39 is 0 Å². The highest BCUT2D eigenvalue weighted by molar-refractivity contribution is 5.26. The molecule has 0 aromatic heterocycles. The molecule has 0 bridgehead atoms. The molecule has 126 valence electrons. The maximum atomic E-state index is 9.47. The summed E-state index contributed by atoms with van der Waals surface area (Å²) in [5, 5.41) is 9.47. The van der Waals surface area contributed by atoms with Gasteiger partial charge in [-0.25, -0.2) is 0 Å². The summed E-state index contributed by atoms with van der Waals surface area (Å²) < 4.78 is 0. The van der Waals surface area contributed by atoms with E-state index in [0.717, 1.165) is 12.8 Å². The second kappa shape index (κ2) is 5.91. The Morgan fingerprint density at radius 1 is 0.682 bits per heavy atom. The fourth-order valence-corrected chi connectivity index (χ4v) is 5.49. The first kappa shape index (κ1) is 19.1. The maximum absolute atomic E-state index is 9.47. The van der Waals surface area contributed by atoms with E-state index in [9.17, 15) is 5.11 Å². The molecule has 0 unspecified atom stereocenters. The molecular weight excluding hydrogens is 268 g/mol. The minimum Gasteiger partial charge on any atom is -0.508 e. The van der Waals surface area contributed by atoms with Crippen LogP contribution in [0.4, 0.5) is 0 Å². The van der Waals surface area contributed by atoms with E-state index >= 15 is 0 Å². The molecule has 0 aliphatic rings. The van der Waals surface area contributed by atoms with Crippen LogP contribution < -0.4 is 0 Å². The average molecular weight is 305 g/mol. The highest BCUT2D eigenvalue weighted by Gasteiger charge is 2.56. The van der Waals surface area contributed by atoms with Gasteiger partial charge >= 0.3 is 0 Å². The number of aromatic hydroxyl groups is 1. The molecule has 0 spiro atoms. The molecule has 0 aliphatic carbocycles. The topological polar surface area (TPSA) is 20.2 Å². The predicted octanol–water partition coefficient (Wildman–Crippen LogP) is 6.45. The van der Waals surface area contributed by atoms with Crippen molar-refractivity contribution >= 4 is 0 Å².